The average molecular weight is 329 g/mol. The van der Waals surface area contributed by atoms with Gasteiger partial charge in [0.05, 0.1) is 0 Å². The van der Waals surface area contributed by atoms with Crippen molar-refractivity contribution in [2.75, 3.05) is 13.1 Å². The van der Waals surface area contributed by atoms with Crippen LogP contribution in [0, 0.1) is 0 Å². The summed E-state index contributed by atoms with van der Waals surface area (Å²) in [4.78, 5) is 11.7. The number of nitrogens with one attached hydrogen (secondary N) is 2. The van der Waals surface area contributed by atoms with Gasteiger partial charge in [0.25, 0.3) is 0 Å². The van der Waals surface area contributed by atoms with Crippen molar-refractivity contribution in [2.45, 2.75) is 104 Å². The zero-order valence-corrected chi connectivity index (χ0v) is 16.2. The molecule has 0 fully saturated rings. The molecular formula is C19H40N2O2. The molecule has 0 radical (unpaired) electrons. The summed E-state index contributed by atoms with van der Waals surface area (Å²) in [5.74, 6) is 0. The van der Waals surface area contributed by atoms with E-state index in [1.807, 2.05) is 20.8 Å². The molecule has 4 nitrogen and oxygen atoms in total. The van der Waals surface area contributed by atoms with Crippen molar-refractivity contribution in [1.29, 1.82) is 0 Å². The van der Waals surface area contributed by atoms with Crippen molar-refractivity contribution < 1.29 is 9.53 Å². The van der Waals surface area contributed by atoms with Crippen LogP contribution in [0.1, 0.15) is 92.4 Å². The van der Waals surface area contributed by atoms with Crippen molar-refractivity contribution in [3.63, 3.8) is 0 Å². The van der Waals surface area contributed by atoms with Crippen LogP contribution >= 0.6 is 0 Å². The Balaban J connectivity index is 3.55. The van der Waals surface area contributed by atoms with Gasteiger partial charge in [0.2, 0.25) is 0 Å². The lowest BCUT2D eigenvalue weighted by atomic mass is 10.1. The van der Waals surface area contributed by atoms with Gasteiger partial charge in [0.15, 0.2) is 0 Å². The van der Waals surface area contributed by atoms with Gasteiger partial charge in [0, 0.05) is 12.6 Å². The summed E-state index contributed by atoms with van der Waals surface area (Å²) in [5.41, 5.74) is -0.438. The van der Waals surface area contributed by atoms with Gasteiger partial charge in [-0.3, -0.25) is 0 Å². The minimum Gasteiger partial charge on any atom is -0.444 e. The molecular weight excluding hydrogens is 288 g/mol. The number of carbonyl (C=O) groups excluding carboxylic acids is 1. The van der Waals surface area contributed by atoms with E-state index in [0.29, 0.717) is 0 Å². The molecule has 0 aliphatic rings. The smallest absolute Gasteiger partial charge is 0.407 e. The standard InChI is InChI=1S/C19H40N2O2/c1-6-8-9-10-11-12-13-14-15-20-16-17(7-2)21-18(22)23-19(3,4)5/h17,20H,6-16H2,1-5H3,(H,21,22). The highest BCUT2D eigenvalue weighted by atomic mass is 16.6. The first-order valence-corrected chi connectivity index (χ1v) is 9.59. The van der Waals surface area contributed by atoms with Gasteiger partial charge in [-0.15, -0.1) is 0 Å². The lowest BCUT2D eigenvalue weighted by Gasteiger charge is -2.23. The summed E-state index contributed by atoms with van der Waals surface area (Å²) < 4.78 is 5.29. The number of amides is 1. The predicted molar refractivity (Wildman–Crippen MR) is 98.9 cm³/mol. The molecule has 1 amide bonds. The number of ether oxygens (including phenoxy) is 1. The van der Waals surface area contributed by atoms with E-state index in [4.69, 9.17) is 4.74 Å². The highest BCUT2D eigenvalue weighted by Crippen LogP contribution is 2.08. The van der Waals surface area contributed by atoms with E-state index in [2.05, 4.69) is 24.5 Å². The van der Waals surface area contributed by atoms with E-state index in [1.54, 1.807) is 0 Å². The first-order chi connectivity index (χ1) is 10.9. The first kappa shape index (κ1) is 22.2. The maximum Gasteiger partial charge on any atom is 0.407 e. The van der Waals surface area contributed by atoms with Gasteiger partial charge in [-0.2, -0.15) is 0 Å². The van der Waals surface area contributed by atoms with Crippen molar-refractivity contribution in [1.82, 2.24) is 10.6 Å². The van der Waals surface area contributed by atoms with E-state index in [1.165, 1.54) is 51.4 Å². The Morgan fingerprint density at radius 2 is 1.52 bits per heavy atom. The summed E-state index contributed by atoms with van der Waals surface area (Å²) in [6, 6.07) is 0.138. The molecule has 0 aliphatic heterocycles. The Morgan fingerprint density at radius 1 is 0.957 bits per heavy atom. The Labute approximate surface area is 144 Å². The number of carbonyl (C=O) groups is 1. The molecule has 23 heavy (non-hydrogen) atoms. The fraction of sp³-hybridized carbons (Fsp3) is 0.947. The van der Waals surface area contributed by atoms with E-state index < -0.39 is 5.60 Å². The fourth-order valence-electron chi connectivity index (χ4n) is 2.43. The fourth-order valence-corrected chi connectivity index (χ4v) is 2.43. The van der Waals surface area contributed by atoms with Crippen LogP contribution in [-0.4, -0.2) is 30.8 Å². The molecule has 0 heterocycles. The normalized spacial score (nSPS) is 12.9. The molecule has 1 unspecified atom stereocenters. The van der Waals surface area contributed by atoms with Gasteiger partial charge in [-0.05, 0) is 40.2 Å². The Bertz CT molecular complexity index is 288. The maximum atomic E-state index is 11.7. The van der Waals surface area contributed by atoms with Crippen LogP contribution in [0.2, 0.25) is 0 Å². The number of alkyl carbamates (subject to hydrolysis) is 1. The summed E-state index contributed by atoms with van der Waals surface area (Å²) in [6.07, 6.45) is 11.3. The van der Waals surface area contributed by atoms with E-state index in [-0.39, 0.29) is 12.1 Å². The third-order valence-electron chi connectivity index (χ3n) is 3.81. The number of hydrogen-bond donors (Lipinski definition) is 2. The molecule has 138 valence electrons. The lowest BCUT2D eigenvalue weighted by molar-refractivity contribution is 0.0502. The lowest BCUT2D eigenvalue weighted by Crippen LogP contribution is -2.44. The topological polar surface area (TPSA) is 50.4 Å². The van der Waals surface area contributed by atoms with Crippen molar-refractivity contribution in [3.05, 3.63) is 0 Å². The van der Waals surface area contributed by atoms with Crippen LogP contribution in [0.15, 0.2) is 0 Å². The van der Waals surface area contributed by atoms with Crippen LogP contribution in [-0.2, 0) is 4.74 Å². The second-order valence-corrected chi connectivity index (χ2v) is 7.43. The molecule has 1 atom stereocenters. The molecule has 0 spiro atoms. The molecule has 0 bridgehead atoms. The van der Waals surface area contributed by atoms with E-state index >= 15 is 0 Å². The predicted octanol–water partition coefficient (Wildman–Crippen LogP) is 5.02. The Kier molecular flexibility index (Phi) is 13.2. The summed E-state index contributed by atoms with van der Waals surface area (Å²) >= 11 is 0. The molecule has 0 saturated heterocycles. The molecule has 0 aromatic rings. The van der Waals surface area contributed by atoms with Gasteiger partial charge in [0.1, 0.15) is 5.60 Å². The van der Waals surface area contributed by atoms with Crippen molar-refractivity contribution in [2.24, 2.45) is 0 Å². The van der Waals surface area contributed by atoms with Crippen LogP contribution in [0.4, 0.5) is 4.79 Å². The molecule has 4 heteroatoms. The van der Waals surface area contributed by atoms with Crippen LogP contribution in [0.5, 0.6) is 0 Å². The van der Waals surface area contributed by atoms with Gasteiger partial charge in [-0.1, -0.05) is 58.8 Å². The van der Waals surface area contributed by atoms with Crippen LogP contribution in [0.3, 0.4) is 0 Å². The maximum absolute atomic E-state index is 11.7. The highest BCUT2D eigenvalue weighted by molar-refractivity contribution is 5.68. The number of hydrogen-bond acceptors (Lipinski definition) is 3. The number of unbranched alkanes of at least 4 members (excludes halogenated alkanes) is 7. The largest absolute Gasteiger partial charge is 0.444 e. The monoisotopic (exact) mass is 328 g/mol. The van der Waals surface area contributed by atoms with Gasteiger partial charge < -0.3 is 15.4 Å². The molecule has 0 aromatic carbocycles. The highest BCUT2D eigenvalue weighted by Gasteiger charge is 2.18. The number of rotatable bonds is 13. The van der Waals surface area contributed by atoms with Crippen molar-refractivity contribution in [3.8, 4) is 0 Å². The van der Waals surface area contributed by atoms with Gasteiger partial charge >= 0.3 is 6.09 Å². The van der Waals surface area contributed by atoms with Gasteiger partial charge in [-0.25, -0.2) is 4.79 Å². The minimum absolute atomic E-state index is 0.138. The third kappa shape index (κ3) is 15.9. The zero-order valence-electron chi connectivity index (χ0n) is 16.2. The Morgan fingerprint density at radius 3 is 2.04 bits per heavy atom. The van der Waals surface area contributed by atoms with E-state index in [9.17, 15) is 4.79 Å². The molecule has 0 rings (SSSR count). The first-order valence-electron chi connectivity index (χ1n) is 9.59. The van der Waals surface area contributed by atoms with E-state index in [0.717, 1.165) is 19.5 Å². The van der Waals surface area contributed by atoms with Crippen LogP contribution < -0.4 is 10.6 Å². The molecule has 0 aromatic heterocycles. The molecule has 2 N–H and O–H groups in total. The minimum atomic E-state index is -0.438. The second kappa shape index (κ2) is 13.6. The van der Waals surface area contributed by atoms with Crippen molar-refractivity contribution >= 4 is 6.09 Å². The quantitative estimate of drug-likeness (QED) is 0.467. The molecule has 0 aliphatic carbocycles. The zero-order chi connectivity index (χ0) is 17.6. The second-order valence-electron chi connectivity index (χ2n) is 7.43. The summed E-state index contributed by atoms with van der Waals surface area (Å²) in [7, 11) is 0. The Hall–Kier alpha value is -0.770. The average Bonchev–Trinajstić information content (AvgIpc) is 2.46. The SMILES string of the molecule is CCCCCCCCCCNCC(CC)NC(=O)OC(C)(C)C. The van der Waals surface area contributed by atoms with Crippen LogP contribution in [0.25, 0.3) is 0 Å². The summed E-state index contributed by atoms with van der Waals surface area (Å²) in [5, 5.41) is 6.38. The third-order valence-corrected chi connectivity index (χ3v) is 3.81. The molecule has 0 saturated carbocycles. The summed E-state index contributed by atoms with van der Waals surface area (Å²) in [6.45, 7) is 11.8.